The first kappa shape index (κ1) is 62.4. The van der Waals surface area contributed by atoms with Gasteiger partial charge in [0.2, 0.25) is 29.5 Å². The largest absolute Gasteiger partial charge is 0.458 e. The Kier molecular flexibility index (Phi) is 38.2. The molecule has 0 aliphatic carbocycles. The highest BCUT2D eigenvalue weighted by molar-refractivity contribution is 5.95. The van der Waals surface area contributed by atoms with Crippen molar-refractivity contribution in [3.63, 3.8) is 0 Å². The summed E-state index contributed by atoms with van der Waals surface area (Å²) in [5, 5.41) is 12.7. The fourth-order valence-corrected chi connectivity index (χ4v) is 4.95. The van der Waals surface area contributed by atoms with Crippen LogP contribution in [0.2, 0.25) is 0 Å². The van der Waals surface area contributed by atoms with Gasteiger partial charge in [-0.1, -0.05) is 0 Å². The van der Waals surface area contributed by atoms with Crippen LogP contribution in [0.3, 0.4) is 0 Å². The quantitative estimate of drug-likeness (QED) is 0.0308. The number of hydrogen-bond donors (Lipinski definition) is 6. The van der Waals surface area contributed by atoms with Crippen molar-refractivity contribution in [3.05, 3.63) is 0 Å². The van der Waals surface area contributed by atoms with E-state index in [0.717, 1.165) is 0 Å². The summed E-state index contributed by atoms with van der Waals surface area (Å²) in [5.74, 6) is -3.37. The van der Waals surface area contributed by atoms with Crippen LogP contribution < -0.4 is 32.3 Å². The number of ether oxygens (including phenoxy) is 11. The van der Waals surface area contributed by atoms with Gasteiger partial charge in [0, 0.05) is 13.7 Å². The highest BCUT2D eigenvalue weighted by atomic mass is 16.6. The first-order chi connectivity index (χ1) is 31.5. The summed E-state index contributed by atoms with van der Waals surface area (Å²) < 4.78 is 58.9. The van der Waals surface area contributed by atoms with Crippen LogP contribution in [0.5, 0.6) is 0 Å². The maximum absolute atomic E-state index is 12.7. The van der Waals surface area contributed by atoms with Crippen LogP contribution in [-0.2, 0) is 80.9 Å². The number of carbonyl (C=O) groups excluding carboxylic acids is 6. The molecule has 66 heavy (non-hydrogen) atoms. The average molecular weight is 955 g/mol. The van der Waals surface area contributed by atoms with Crippen LogP contribution >= 0.6 is 0 Å². The van der Waals surface area contributed by atoms with Gasteiger partial charge >= 0.3 is 5.97 Å². The Bertz CT molecular complexity index is 1310. The molecule has 5 amide bonds. The standard InChI is InChI=1S/C43H82N6O17/c1-32(38(51)47-33(2)40(53)49-35(4)42(55)66-43(5,6)7)46-39(52)34(3)48-41(54)36(44)11-9-10-12-45-37(50)31-65-30-29-64-28-27-63-26-25-62-24-23-61-22-21-60-20-19-59-18-17-58-16-15-57-14-13-56-8/h32-36H,9-31,44H2,1-8H3,(H,45,50)(H,46,52)(H,47,51)(H,48,54)(H,49,53)/t32-,33-,34-,35-,36-/m0/s1. The first-order valence-electron chi connectivity index (χ1n) is 22.6. The number of methoxy groups -OCH3 is 1. The molecule has 5 atom stereocenters. The smallest absolute Gasteiger partial charge is 0.328 e. The Labute approximate surface area is 390 Å². The second kappa shape index (κ2) is 40.4. The van der Waals surface area contributed by atoms with E-state index in [9.17, 15) is 28.8 Å². The number of esters is 1. The second-order valence-electron chi connectivity index (χ2n) is 15.9. The molecule has 23 nitrogen and oxygen atoms in total. The molecule has 0 aromatic carbocycles. The van der Waals surface area contributed by atoms with Gasteiger partial charge in [-0.25, -0.2) is 4.79 Å². The summed E-state index contributed by atoms with van der Waals surface area (Å²) >= 11 is 0. The molecule has 0 spiro atoms. The van der Waals surface area contributed by atoms with Crippen LogP contribution in [0.15, 0.2) is 0 Å². The molecule has 23 heteroatoms. The van der Waals surface area contributed by atoms with E-state index >= 15 is 0 Å². The SMILES string of the molecule is COCCOCCOCCOCCOCCOCCOCCOCCOCCOCC(=O)NCCCC[C@H](N)C(=O)N[C@@H](C)C(=O)N[C@@H](C)C(=O)N[C@@H](C)C(=O)N[C@@H](C)C(=O)OC(C)(C)C. The zero-order chi connectivity index (χ0) is 49.4. The van der Waals surface area contributed by atoms with E-state index in [0.29, 0.717) is 138 Å². The molecule has 0 aromatic heterocycles. The van der Waals surface area contributed by atoms with Crippen LogP contribution in [0, 0.1) is 0 Å². The lowest BCUT2D eigenvalue weighted by Gasteiger charge is -2.24. The van der Waals surface area contributed by atoms with Crippen molar-refractivity contribution >= 4 is 35.5 Å². The van der Waals surface area contributed by atoms with Crippen molar-refractivity contribution in [3.8, 4) is 0 Å². The Balaban J connectivity index is 3.75. The number of amides is 5. The summed E-state index contributed by atoms with van der Waals surface area (Å²) in [4.78, 5) is 74.6. The monoisotopic (exact) mass is 955 g/mol. The fourth-order valence-electron chi connectivity index (χ4n) is 4.95. The van der Waals surface area contributed by atoms with E-state index in [1.807, 2.05) is 0 Å². The molecule has 0 aromatic rings. The highest BCUT2D eigenvalue weighted by Gasteiger charge is 2.28. The normalized spacial score (nSPS) is 13.8. The van der Waals surface area contributed by atoms with Crippen molar-refractivity contribution in [1.82, 2.24) is 26.6 Å². The van der Waals surface area contributed by atoms with Crippen molar-refractivity contribution in [2.75, 3.05) is 139 Å². The number of carbonyl (C=O) groups is 6. The molecule has 0 aliphatic heterocycles. The van der Waals surface area contributed by atoms with Gasteiger partial charge in [0.1, 0.15) is 36.4 Å². The molecular weight excluding hydrogens is 872 g/mol. The summed E-state index contributed by atoms with van der Waals surface area (Å²) in [6, 6.07) is -4.92. The predicted octanol–water partition coefficient (Wildman–Crippen LogP) is -1.24. The summed E-state index contributed by atoms with van der Waals surface area (Å²) in [6.45, 7) is 19.2. The topological polar surface area (TPSA) is 290 Å². The molecule has 0 bridgehead atoms. The molecule has 0 saturated heterocycles. The number of nitrogens with one attached hydrogen (secondary N) is 5. The lowest BCUT2D eigenvalue weighted by Crippen LogP contribution is -2.56. The van der Waals surface area contributed by atoms with E-state index in [2.05, 4.69) is 26.6 Å². The number of unbranched alkanes of at least 4 members (excludes halogenated alkanes) is 1. The third-order valence-corrected chi connectivity index (χ3v) is 8.62. The van der Waals surface area contributed by atoms with Crippen molar-refractivity contribution < 1.29 is 80.9 Å². The summed E-state index contributed by atoms with van der Waals surface area (Å²) in [5.41, 5.74) is 5.27. The molecule has 0 rings (SSSR count). The average Bonchev–Trinajstić information content (AvgIpc) is 3.26. The summed E-state index contributed by atoms with van der Waals surface area (Å²) in [7, 11) is 1.63. The van der Waals surface area contributed by atoms with Gasteiger partial charge in [0.05, 0.1) is 125 Å². The molecule has 0 aliphatic rings. The molecule has 386 valence electrons. The maximum Gasteiger partial charge on any atom is 0.328 e. The molecule has 0 heterocycles. The van der Waals surface area contributed by atoms with Crippen molar-refractivity contribution in [2.45, 2.75) is 104 Å². The van der Waals surface area contributed by atoms with E-state index in [4.69, 9.17) is 57.8 Å². The zero-order valence-corrected chi connectivity index (χ0v) is 40.7. The predicted molar refractivity (Wildman–Crippen MR) is 240 cm³/mol. The van der Waals surface area contributed by atoms with Crippen molar-refractivity contribution in [1.29, 1.82) is 0 Å². The number of rotatable bonds is 43. The highest BCUT2D eigenvalue weighted by Crippen LogP contribution is 2.08. The molecule has 0 fully saturated rings. The van der Waals surface area contributed by atoms with Gasteiger partial charge in [0.15, 0.2) is 0 Å². The van der Waals surface area contributed by atoms with Gasteiger partial charge < -0.3 is 84.4 Å². The molecule has 0 unspecified atom stereocenters. The van der Waals surface area contributed by atoms with Gasteiger partial charge in [-0.2, -0.15) is 0 Å². The van der Waals surface area contributed by atoms with Crippen LogP contribution in [-0.4, -0.2) is 211 Å². The van der Waals surface area contributed by atoms with E-state index in [1.54, 1.807) is 27.9 Å². The van der Waals surface area contributed by atoms with Gasteiger partial charge in [-0.15, -0.1) is 0 Å². The minimum Gasteiger partial charge on any atom is -0.458 e. The molecule has 7 N–H and O–H groups in total. The van der Waals surface area contributed by atoms with Crippen LogP contribution in [0.25, 0.3) is 0 Å². The number of nitrogens with two attached hydrogens (primary N) is 1. The summed E-state index contributed by atoms with van der Waals surface area (Å²) in [6.07, 6.45) is 1.40. The Morgan fingerprint density at radius 3 is 1.12 bits per heavy atom. The minimum atomic E-state index is -1.05. The van der Waals surface area contributed by atoms with Crippen LogP contribution in [0.4, 0.5) is 0 Å². The zero-order valence-electron chi connectivity index (χ0n) is 40.7. The van der Waals surface area contributed by atoms with E-state index in [1.165, 1.54) is 27.7 Å². The Hall–Kier alpha value is -3.62. The van der Waals surface area contributed by atoms with Gasteiger partial charge in [-0.3, -0.25) is 24.0 Å². The van der Waals surface area contributed by atoms with E-state index in [-0.39, 0.29) is 19.1 Å². The molecule has 0 radical (unpaired) electrons. The van der Waals surface area contributed by atoms with Gasteiger partial charge in [0.25, 0.3) is 0 Å². The lowest BCUT2D eigenvalue weighted by atomic mass is 10.1. The Morgan fingerprint density at radius 1 is 0.455 bits per heavy atom. The maximum atomic E-state index is 12.7. The van der Waals surface area contributed by atoms with Crippen molar-refractivity contribution in [2.24, 2.45) is 5.73 Å². The molecular formula is C43H82N6O17. The second-order valence-corrected chi connectivity index (χ2v) is 15.9. The lowest BCUT2D eigenvalue weighted by molar-refractivity contribution is -0.158. The van der Waals surface area contributed by atoms with E-state index < -0.39 is 65.4 Å². The fraction of sp³-hybridized carbons (Fsp3) is 0.860. The third kappa shape index (κ3) is 37.5. The number of hydrogen-bond acceptors (Lipinski definition) is 18. The van der Waals surface area contributed by atoms with Gasteiger partial charge in [-0.05, 0) is 67.7 Å². The van der Waals surface area contributed by atoms with Crippen LogP contribution in [0.1, 0.15) is 67.7 Å². The minimum absolute atomic E-state index is 0.126. The molecule has 0 saturated carbocycles. The third-order valence-electron chi connectivity index (χ3n) is 8.62. The Morgan fingerprint density at radius 2 is 0.773 bits per heavy atom. The first-order valence-corrected chi connectivity index (χ1v) is 22.6.